The zero-order valence-electron chi connectivity index (χ0n) is 12.2. The smallest absolute Gasteiger partial charge is 0.305 e. The topological polar surface area (TPSA) is 92.7 Å². The molecule has 1 heterocycles. The standard InChI is InChI=1S/C13H24O8/c14-12(15)1-2-16-3-4-17-5-6-18-7-8-19-11-13-20-9-10-21-13/h13H,1-11H2,(H,14,15). The number of carbonyl (C=O) groups is 1. The Balaban J connectivity index is 1.68. The molecule has 1 aliphatic rings. The fourth-order valence-corrected chi connectivity index (χ4v) is 1.50. The summed E-state index contributed by atoms with van der Waals surface area (Å²) in [5, 5.41) is 8.38. The van der Waals surface area contributed by atoms with E-state index in [0.29, 0.717) is 59.5 Å². The van der Waals surface area contributed by atoms with Crippen LogP contribution < -0.4 is 0 Å². The zero-order valence-corrected chi connectivity index (χ0v) is 12.2. The Hall–Kier alpha value is -0.770. The summed E-state index contributed by atoms with van der Waals surface area (Å²) in [6.07, 6.45) is -0.227. The van der Waals surface area contributed by atoms with Crippen LogP contribution >= 0.6 is 0 Å². The van der Waals surface area contributed by atoms with Crippen molar-refractivity contribution in [3.63, 3.8) is 0 Å². The van der Waals surface area contributed by atoms with Crippen LogP contribution in [0.4, 0.5) is 0 Å². The molecule has 0 bridgehead atoms. The van der Waals surface area contributed by atoms with Gasteiger partial charge in [-0.15, -0.1) is 0 Å². The lowest BCUT2D eigenvalue weighted by Gasteiger charge is -2.10. The summed E-state index contributed by atoms with van der Waals surface area (Å²) in [4.78, 5) is 10.2. The average Bonchev–Trinajstić information content (AvgIpc) is 2.97. The third-order valence-electron chi connectivity index (χ3n) is 2.52. The molecule has 0 amide bonds. The summed E-state index contributed by atoms with van der Waals surface area (Å²) in [6, 6.07) is 0. The van der Waals surface area contributed by atoms with E-state index in [1.54, 1.807) is 0 Å². The van der Waals surface area contributed by atoms with Gasteiger partial charge >= 0.3 is 5.97 Å². The lowest BCUT2D eigenvalue weighted by atomic mass is 10.5. The minimum absolute atomic E-state index is 0.0139. The summed E-state index contributed by atoms with van der Waals surface area (Å²) in [5.41, 5.74) is 0. The van der Waals surface area contributed by atoms with E-state index in [9.17, 15) is 4.79 Å². The molecule has 1 aliphatic heterocycles. The Morgan fingerprint density at radius 2 is 1.33 bits per heavy atom. The van der Waals surface area contributed by atoms with Gasteiger partial charge in [-0.1, -0.05) is 0 Å². The lowest BCUT2D eigenvalue weighted by Crippen LogP contribution is -2.18. The van der Waals surface area contributed by atoms with E-state index in [2.05, 4.69) is 0 Å². The quantitative estimate of drug-likeness (QED) is 0.445. The maximum atomic E-state index is 10.2. The largest absolute Gasteiger partial charge is 0.481 e. The van der Waals surface area contributed by atoms with Crippen molar-refractivity contribution in [3.8, 4) is 0 Å². The molecular weight excluding hydrogens is 284 g/mol. The molecule has 0 atom stereocenters. The summed E-state index contributed by atoms with van der Waals surface area (Å²) in [6.45, 7) is 4.63. The van der Waals surface area contributed by atoms with Crippen molar-refractivity contribution in [1.29, 1.82) is 0 Å². The van der Waals surface area contributed by atoms with Crippen molar-refractivity contribution in [1.82, 2.24) is 0 Å². The highest BCUT2D eigenvalue weighted by Crippen LogP contribution is 2.03. The molecule has 0 spiro atoms. The Labute approximate surface area is 124 Å². The Morgan fingerprint density at radius 1 is 0.857 bits per heavy atom. The molecule has 0 radical (unpaired) electrons. The highest BCUT2D eigenvalue weighted by Gasteiger charge is 2.15. The molecule has 1 N–H and O–H groups in total. The van der Waals surface area contributed by atoms with Crippen LogP contribution in [0.15, 0.2) is 0 Å². The predicted molar refractivity (Wildman–Crippen MR) is 71.2 cm³/mol. The van der Waals surface area contributed by atoms with Crippen LogP contribution in [0.5, 0.6) is 0 Å². The van der Waals surface area contributed by atoms with Crippen molar-refractivity contribution >= 4 is 5.97 Å². The van der Waals surface area contributed by atoms with Gasteiger partial charge in [-0.2, -0.15) is 0 Å². The Morgan fingerprint density at radius 3 is 1.86 bits per heavy atom. The first-order valence-corrected chi connectivity index (χ1v) is 7.05. The fraction of sp³-hybridized carbons (Fsp3) is 0.923. The van der Waals surface area contributed by atoms with E-state index in [0.717, 1.165) is 0 Å². The molecule has 21 heavy (non-hydrogen) atoms. The molecule has 0 saturated carbocycles. The minimum atomic E-state index is -0.863. The summed E-state index contributed by atoms with van der Waals surface area (Å²) in [5.74, 6) is -0.863. The minimum Gasteiger partial charge on any atom is -0.481 e. The molecule has 0 unspecified atom stereocenters. The highest BCUT2D eigenvalue weighted by molar-refractivity contribution is 5.66. The maximum Gasteiger partial charge on any atom is 0.305 e. The second-order valence-corrected chi connectivity index (χ2v) is 4.23. The molecule has 1 saturated heterocycles. The van der Waals surface area contributed by atoms with Crippen LogP contribution in [-0.2, 0) is 33.2 Å². The normalized spacial score (nSPS) is 15.6. The van der Waals surface area contributed by atoms with Gasteiger partial charge in [-0.3, -0.25) is 4.79 Å². The number of ether oxygens (including phenoxy) is 6. The molecular formula is C13H24O8. The van der Waals surface area contributed by atoms with Gasteiger partial charge in [0, 0.05) is 0 Å². The molecule has 8 nitrogen and oxygen atoms in total. The van der Waals surface area contributed by atoms with Gasteiger partial charge < -0.3 is 33.5 Å². The maximum absolute atomic E-state index is 10.2. The average molecular weight is 308 g/mol. The highest BCUT2D eigenvalue weighted by atomic mass is 16.7. The Kier molecular flexibility index (Phi) is 11.3. The molecule has 0 aromatic carbocycles. The first-order valence-electron chi connectivity index (χ1n) is 7.05. The molecule has 1 rings (SSSR count). The van der Waals surface area contributed by atoms with Crippen LogP contribution in [-0.4, -0.2) is 83.4 Å². The lowest BCUT2D eigenvalue weighted by molar-refractivity contribution is -0.138. The van der Waals surface area contributed by atoms with Gasteiger partial charge in [0.05, 0.1) is 72.5 Å². The first-order chi connectivity index (χ1) is 10.3. The predicted octanol–water partition coefficient (Wildman–Crippen LogP) is -0.0996. The number of rotatable bonds is 14. The van der Waals surface area contributed by atoms with Gasteiger partial charge in [0.1, 0.15) is 0 Å². The summed E-state index contributed by atoms with van der Waals surface area (Å²) >= 11 is 0. The van der Waals surface area contributed by atoms with Crippen LogP contribution in [0.3, 0.4) is 0 Å². The van der Waals surface area contributed by atoms with Crippen molar-refractivity contribution in [3.05, 3.63) is 0 Å². The molecule has 1 fully saturated rings. The van der Waals surface area contributed by atoms with E-state index in [1.807, 2.05) is 0 Å². The first kappa shape index (κ1) is 18.3. The number of hydrogen-bond donors (Lipinski definition) is 1. The van der Waals surface area contributed by atoms with Crippen molar-refractivity contribution < 1.29 is 38.3 Å². The number of aliphatic carboxylic acids is 1. The molecule has 0 aromatic heterocycles. The number of carboxylic acid groups (broad SMARTS) is 1. The number of hydrogen-bond acceptors (Lipinski definition) is 7. The van der Waals surface area contributed by atoms with Crippen LogP contribution in [0.2, 0.25) is 0 Å². The zero-order chi connectivity index (χ0) is 15.2. The van der Waals surface area contributed by atoms with Gasteiger partial charge in [-0.05, 0) is 0 Å². The van der Waals surface area contributed by atoms with Crippen LogP contribution in [0.1, 0.15) is 6.42 Å². The molecule has 124 valence electrons. The third kappa shape index (κ3) is 11.6. The second-order valence-electron chi connectivity index (χ2n) is 4.23. The second kappa shape index (κ2) is 12.9. The van der Waals surface area contributed by atoms with Crippen LogP contribution in [0, 0.1) is 0 Å². The van der Waals surface area contributed by atoms with Crippen LogP contribution in [0.25, 0.3) is 0 Å². The molecule has 0 aromatic rings. The summed E-state index contributed by atoms with van der Waals surface area (Å²) < 4.78 is 31.4. The van der Waals surface area contributed by atoms with E-state index < -0.39 is 5.97 Å². The van der Waals surface area contributed by atoms with E-state index >= 15 is 0 Å². The van der Waals surface area contributed by atoms with E-state index in [1.165, 1.54) is 0 Å². The van der Waals surface area contributed by atoms with Gasteiger partial charge in [0.2, 0.25) is 0 Å². The Bertz CT molecular complexity index is 255. The van der Waals surface area contributed by atoms with E-state index in [-0.39, 0.29) is 19.3 Å². The van der Waals surface area contributed by atoms with Crippen molar-refractivity contribution in [2.24, 2.45) is 0 Å². The summed E-state index contributed by atoms with van der Waals surface area (Å²) in [7, 11) is 0. The SMILES string of the molecule is O=C(O)CCOCCOCCOCCOCC1OCCO1. The number of carboxylic acids is 1. The van der Waals surface area contributed by atoms with Gasteiger partial charge in [0.25, 0.3) is 0 Å². The van der Waals surface area contributed by atoms with Crippen molar-refractivity contribution in [2.75, 3.05) is 66.1 Å². The monoisotopic (exact) mass is 308 g/mol. The van der Waals surface area contributed by atoms with Crippen molar-refractivity contribution in [2.45, 2.75) is 12.7 Å². The van der Waals surface area contributed by atoms with E-state index in [4.69, 9.17) is 33.5 Å². The third-order valence-corrected chi connectivity index (χ3v) is 2.52. The molecule has 8 heteroatoms. The van der Waals surface area contributed by atoms with Gasteiger partial charge in [0.15, 0.2) is 6.29 Å². The van der Waals surface area contributed by atoms with Gasteiger partial charge in [-0.25, -0.2) is 0 Å². The molecule has 0 aliphatic carbocycles. The fourth-order valence-electron chi connectivity index (χ4n) is 1.50.